The number of hydrogen-bond donors (Lipinski definition) is 1. The van der Waals surface area contributed by atoms with Crippen molar-refractivity contribution in [3.05, 3.63) is 68.9 Å². The van der Waals surface area contributed by atoms with Crippen molar-refractivity contribution in [2.75, 3.05) is 7.11 Å². The normalized spacial score (nSPS) is 11.4. The van der Waals surface area contributed by atoms with Crippen LogP contribution in [0.5, 0.6) is 5.75 Å². The zero-order valence-electron chi connectivity index (χ0n) is 15.1. The minimum atomic E-state index is -0.288. The van der Waals surface area contributed by atoms with Gasteiger partial charge in [0.15, 0.2) is 5.58 Å². The predicted octanol–water partition coefficient (Wildman–Crippen LogP) is 4.08. The summed E-state index contributed by atoms with van der Waals surface area (Å²) in [5.41, 5.74) is 2.05. The van der Waals surface area contributed by atoms with Gasteiger partial charge in [-0.3, -0.25) is 4.79 Å². The van der Waals surface area contributed by atoms with E-state index in [0.29, 0.717) is 28.5 Å². The molecule has 29 heavy (non-hydrogen) atoms. The molecule has 9 heteroatoms. The summed E-state index contributed by atoms with van der Waals surface area (Å²) in [4.78, 5) is 19.7. The molecule has 0 fully saturated rings. The Morgan fingerprint density at radius 3 is 2.86 bits per heavy atom. The maximum absolute atomic E-state index is 12.5. The van der Waals surface area contributed by atoms with Gasteiger partial charge in [-0.15, -0.1) is 0 Å². The number of benzene rings is 2. The molecular weight excluding hydrogens is 440 g/mol. The second kappa shape index (κ2) is 6.85. The van der Waals surface area contributed by atoms with Gasteiger partial charge in [0, 0.05) is 20.8 Å². The lowest BCUT2D eigenvalue weighted by Crippen LogP contribution is -2.09. The van der Waals surface area contributed by atoms with Crippen molar-refractivity contribution in [2.45, 2.75) is 6.42 Å². The fraction of sp³-hybridized carbons (Fsp3) is 0.100. The highest BCUT2D eigenvalue weighted by atomic mass is 79.9. The largest absolute Gasteiger partial charge is 0.497 e. The molecule has 0 atom stereocenters. The van der Waals surface area contributed by atoms with Crippen molar-refractivity contribution >= 4 is 37.8 Å². The number of ether oxygens (including phenoxy) is 1. The van der Waals surface area contributed by atoms with Crippen molar-refractivity contribution in [1.29, 1.82) is 0 Å². The number of fused-ring (bicyclic) bond motifs is 2. The topological polar surface area (TPSA) is 107 Å². The van der Waals surface area contributed by atoms with E-state index in [1.54, 1.807) is 25.3 Å². The van der Waals surface area contributed by atoms with Crippen LogP contribution in [-0.2, 0) is 6.42 Å². The lowest BCUT2D eigenvalue weighted by Gasteiger charge is -2.00. The minimum Gasteiger partial charge on any atom is -0.497 e. The number of pyridine rings is 1. The van der Waals surface area contributed by atoms with Crippen molar-refractivity contribution in [3.8, 4) is 17.1 Å². The summed E-state index contributed by atoms with van der Waals surface area (Å²) in [7, 11) is 1.60. The first kappa shape index (κ1) is 17.6. The third kappa shape index (κ3) is 3.19. The number of H-pyrrole nitrogens is 1. The fourth-order valence-corrected chi connectivity index (χ4v) is 3.52. The predicted molar refractivity (Wildman–Crippen MR) is 109 cm³/mol. The molecule has 0 spiro atoms. The minimum absolute atomic E-state index is 0.216. The van der Waals surface area contributed by atoms with Crippen molar-refractivity contribution < 1.29 is 13.8 Å². The van der Waals surface area contributed by atoms with E-state index in [1.165, 1.54) is 0 Å². The quantitative estimate of drug-likeness (QED) is 0.437. The number of halogens is 1. The third-order valence-corrected chi connectivity index (χ3v) is 5.08. The van der Waals surface area contributed by atoms with Crippen LogP contribution in [0.15, 0.2) is 60.8 Å². The summed E-state index contributed by atoms with van der Waals surface area (Å²) in [6, 6.07) is 12.8. The number of rotatable bonds is 4. The van der Waals surface area contributed by atoms with Crippen LogP contribution in [0.3, 0.4) is 0 Å². The highest BCUT2D eigenvalue weighted by molar-refractivity contribution is 9.10. The van der Waals surface area contributed by atoms with E-state index in [2.05, 4.69) is 36.2 Å². The second-order valence-corrected chi connectivity index (χ2v) is 7.34. The Balaban J connectivity index is 1.51. The molecule has 0 bridgehead atoms. The van der Waals surface area contributed by atoms with Gasteiger partial charge in [-0.05, 0) is 42.5 Å². The molecule has 0 aliphatic rings. The first-order valence-electron chi connectivity index (χ1n) is 8.68. The third-order valence-electron chi connectivity index (χ3n) is 4.59. The molecule has 0 aliphatic carbocycles. The maximum atomic E-state index is 12.5. The summed E-state index contributed by atoms with van der Waals surface area (Å²) >= 11 is 3.43. The molecule has 0 saturated carbocycles. The molecule has 3 aromatic heterocycles. The van der Waals surface area contributed by atoms with E-state index in [0.717, 1.165) is 20.8 Å². The van der Waals surface area contributed by atoms with Gasteiger partial charge in [-0.25, -0.2) is 0 Å². The number of aromatic amines is 1. The number of nitrogens with one attached hydrogen (secondary N) is 1. The van der Waals surface area contributed by atoms with Crippen LogP contribution in [0.4, 0.5) is 0 Å². The average Bonchev–Trinajstić information content (AvgIpc) is 3.35. The Morgan fingerprint density at radius 1 is 1.10 bits per heavy atom. The number of methoxy groups -OCH3 is 1. The van der Waals surface area contributed by atoms with Crippen molar-refractivity contribution in [1.82, 2.24) is 20.3 Å². The Morgan fingerprint density at radius 2 is 2.00 bits per heavy atom. The molecule has 5 rings (SSSR count). The highest BCUT2D eigenvalue weighted by Gasteiger charge is 2.17. The van der Waals surface area contributed by atoms with Gasteiger partial charge < -0.3 is 18.8 Å². The molecular formula is C20H13BrN4O4. The van der Waals surface area contributed by atoms with Crippen LogP contribution < -0.4 is 10.3 Å². The summed E-state index contributed by atoms with van der Waals surface area (Å²) < 4.78 is 16.8. The molecule has 1 N–H and O–H groups in total. The van der Waals surface area contributed by atoms with Gasteiger partial charge in [-0.2, -0.15) is 4.98 Å². The van der Waals surface area contributed by atoms with Gasteiger partial charge in [0.1, 0.15) is 11.4 Å². The zero-order chi connectivity index (χ0) is 20.0. The molecule has 8 nitrogen and oxygen atoms in total. The van der Waals surface area contributed by atoms with Crippen LogP contribution in [0, 0.1) is 0 Å². The first-order chi connectivity index (χ1) is 14.1. The molecule has 2 aromatic carbocycles. The van der Waals surface area contributed by atoms with E-state index in [-0.39, 0.29) is 17.8 Å². The Kier molecular flexibility index (Phi) is 4.17. The van der Waals surface area contributed by atoms with E-state index >= 15 is 0 Å². The summed E-state index contributed by atoms with van der Waals surface area (Å²) in [6.45, 7) is 0. The highest BCUT2D eigenvalue weighted by Crippen LogP contribution is 2.26. The Bertz CT molecular complexity index is 1420. The van der Waals surface area contributed by atoms with E-state index in [1.807, 2.05) is 24.3 Å². The van der Waals surface area contributed by atoms with E-state index in [4.69, 9.17) is 13.8 Å². The number of aromatic nitrogens is 4. The Labute approximate surface area is 171 Å². The van der Waals surface area contributed by atoms with Crippen LogP contribution in [0.25, 0.3) is 33.3 Å². The number of hydrogen-bond acceptors (Lipinski definition) is 7. The first-order valence-corrected chi connectivity index (χ1v) is 9.48. The van der Waals surface area contributed by atoms with E-state index < -0.39 is 0 Å². The van der Waals surface area contributed by atoms with Crippen molar-refractivity contribution in [3.63, 3.8) is 0 Å². The molecule has 0 amide bonds. The van der Waals surface area contributed by atoms with Gasteiger partial charge in [0.05, 0.1) is 19.1 Å². The second-order valence-electron chi connectivity index (χ2n) is 6.42. The summed E-state index contributed by atoms with van der Waals surface area (Å²) in [5.74, 6) is 1.24. The van der Waals surface area contributed by atoms with Crippen LogP contribution in [-0.4, -0.2) is 27.4 Å². The SMILES string of the molecule is COc1ccc2onc(Cc3nc(-c4cc5cc(Br)ccc5[nH]c4=O)no3)c2c1. The molecule has 0 unspecified atom stereocenters. The van der Waals surface area contributed by atoms with E-state index in [9.17, 15) is 4.79 Å². The van der Waals surface area contributed by atoms with Gasteiger partial charge in [0.2, 0.25) is 11.7 Å². The lowest BCUT2D eigenvalue weighted by molar-refractivity contribution is 0.380. The maximum Gasteiger partial charge on any atom is 0.259 e. The fourth-order valence-electron chi connectivity index (χ4n) is 3.15. The molecule has 0 saturated heterocycles. The van der Waals surface area contributed by atoms with Crippen LogP contribution in [0.1, 0.15) is 11.6 Å². The lowest BCUT2D eigenvalue weighted by atomic mass is 10.1. The number of nitrogens with zero attached hydrogens (tertiary/aromatic N) is 3. The molecule has 0 aliphatic heterocycles. The monoisotopic (exact) mass is 452 g/mol. The van der Waals surface area contributed by atoms with Gasteiger partial charge >= 0.3 is 0 Å². The summed E-state index contributed by atoms with van der Waals surface area (Å²) in [5, 5.41) is 9.71. The van der Waals surface area contributed by atoms with Crippen molar-refractivity contribution in [2.24, 2.45) is 0 Å². The average molecular weight is 453 g/mol. The van der Waals surface area contributed by atoms with Crippen LogP contribution in [0.2, 0.25) is 0 Å². The zero-order valence-corrected chi connectivity index (χ0v) is 16.7. The smallest absolute Gasteiger partial charge is 0.259 e. The Hall–Kier alpha value is -3.46. The molecule has 3 heterocycles. The van der Waals surface area contributed by atoms with Crippen LogP contribution >= 0.6 is 15.9 Å². The summed E-state index contributed by atoms with van der Waals surface area (Å²) in [6.07, 6.45) is 0.268. The molecule has 144 valence electrons. The standard InChI is InChI=1S/C20H13BrN4O4/c1-27-12-3-5-17-13(8-12)16(24-28-17)9-18-23-19(25-29-18)14-7-10-6-11(21)2-4-15(10)22-20(14)26/h2-8H,9H2,1H3,(H,22,26). The molecule has 0 radical (unpaired) electrons. The van der Waals surface area contributed by atoms with Gasteiger partial charge in [-0.1, -0.05) is 26.2 Å². The molecule has 5 aromatic rings. The van der Waals surface area contributed by atoms with Gasteiger partial charge in [0.25, 0.3) is 5.56 Å².